The van der Waals surface area contributed by atoms with Crippen LogP contribution in [0.3, 0.4) is 0 Å². The van der Waals surface area contributed by atoms with Gasteiger partial charge >= 0.3 is 11.7 Å². The van der Waals surface area contributed by atoms with Crippen molar-refractivity contribution in [3.8, 4) is 0 Å². The molecule has 7 heteroatoms. The second-order valence-electron chi connectivity index (χ2n) is 5.16. The first-order chi connectivity index (χ1) is 9.90. The molecule has 112 valence electrons. The number of nitrogens with zero attached hydrogens (tertiary/aromatic N) is 1. The van der Waals surface area contributed by atoms with Crippen LogP contribution in [0.5, 0.6) is 0 Å². The predicted octanol–water partition coefficient (Wildman–Crippen LogP) is 0.555. The number of fused-ring (bicyclic) bond motifs is 1. The summed E-state index contributed by atoms with van der Waals surface area (Å²) in [5, 5.41) is 11.5. The molecule has 0 radical (unpaired) electrons. The van der Waals surface area contributed by atoms with Crippen LogP contribution in [-0.4, -0.2) is 32.6 Å². The van der Waals surface area contributed by atoms with Crippen LogP contribution in [0.15, 0.2) is 29.1 Å². The van der Waals surface area contributed by atoms with Gasteiger partial charge in [-0.25, -0.2) is 9.59 Å². The van der Waals surface area contributed by atoms with Gasteiger partial charge < -0.3 is 15.4 Å². The second kappa shape index (κ2) is 5.82. The van der Waals surface area contributed by atoms with Crippen LogP contribution in [0.1, 0.15) is 13.8 Å². The lowest BCUT2D eigenvalue weighted by Gasteiger charge is -2.17. The zero-order valence-electron chi connectivity index (χ0n) is 11.8. The maximum absolute atomic E-state index is 12.0. The summed E-state index contributed by atoms with van der Waals surface area (Å²) < 4.78 is 1.28. The number of carbonyl (C=O) groups is 2. The Kier molecular flexibility index (Phi) is 4.11. The Bertz CT molecular complexity index is 729. The van der Waals surface area contributed by atoms with Crippen molar-refractivity contribution >= 4 is 22.9 Å². The third-order valence-electron chi connectivity index (χ3n) is 3.23. The van der Waals surface area contributed by atoms with E-state index < -0.39 is 23.6 Å². The molecule has 1 aromatic carbocycles. The molecule has 1 unspecified atom stereocenters. The molecule has 0 bridgehead atoms. The van der Waals surface area contributed by atoms with Crippen molar-refractivity contribution in [2.45, 2.75) is 26.4 Å². The summed E-state index contributed by atoms with van der Waals surface area (Å²) in [5.41, 5.74) is 0.839. The van der Waals surface area contributed by atoms with Crippen molar-refractivity contribution < 1.29 is 14.7 Å². The number of amides is 1. The average molecular weight is 291 g/mol. The quantitative estimate of drug-likeness (QED) is 0.748. The van der Waals surface area contributed by atoms with Crippen LogP contribution in [0, 0.1) is 5.92 Å². The van der Waals surface area contributed by atoms with E-state index >= 15 is 0 Å². The van der Waals surface area contributed by atoms with Gasteiger partial charge in [0.15, 0.2) is 0 Å². The van der Waals surface area contributed by atoms with Crippen molar-refractivity contribution in [2.24, 2.45) is 5.92 Å². The lowest BCUT2D eigenvalue weighted by Crippen LogP contribution is -2.46. The van der Waals surface area contributed by atoms with Gasteiger partial charge in [0.05, 0.1) is 11.0 Å². The summed E-state index contributed by atoms with van der Waals surface area (Å²) in [6.07, 6.45) is 0. The zero-order chi connectivity index (χ0) is 15.6. The molecule has 0 fully saturated rings. The minimum atomic E-state index is -1.09. The molecule has 0 aliphatic rings. The van der Waals surface area contributed by atoms with Crippen LogP contribution in [0.2, 0.25) is 0 Å². The Morgan fingerprint density at radius 1 is 1.33 bits per heavy atom. The predicted molar refractivity (Wildman–Crippen MR) is 77.0 cm³/mol. The van der Waals surface area contributed by atoms with Gasteiger partial charge in [-0.2, -0.15) is 0 Å². The summed E-state index contributed by atoms with van der Waals surface area (Å²) in [7, 11) is 0. The number of carboxylic acids is 1. The van der Waals surface area contributed by atoms with Gasteiger partial charge in [0.2, 0.25) is 5.91 Å². The van der Waals surface area contributed by atoms with Gasteiger partial charge in [-0.3, -0.25) is 9.36 Å². The van der Waals surface area contributed by atoms with Crippen molar-refractivity contribution in [3.63, 3.8) is 0 Å². The normalized spacial score (nSPS) is 12.5. The lowest BCUT2D eigenvalue weighted by atomic mass is 10.1. The van der Waals surface area contributed by atoms with Crippen molar-refractivity contribution in [1.29, 1.82) is 0 Å². The van der Waals surface area contributed by atoms with Crippen molar-refractivity contribution in [2.75, 3.05) is 0 Å². The molecule has 0 spiro atoms. The van der Waals surface area contributed by atoms with E-state index in [-0.39, 0.29) is 12.5 Å². The number of carbonyl (C=O) groups excluding carboxylic acids is 1. The van der Waals surface area contributed by atoms with Gasteiger partial charge in [-0.05, 0) is 18.1 Å². The van der Waals surface area contributed by atoms with E-state index in [9.17, 15) is 14.4 Å². The number of carboxylic acid groups (broad SMARTS) is 1. The van der Waals surface area contributed by atoms with Gasteiger partial charge in [0, 0.05) is 0 Å². The molecule has 0 aliphatic heterocycles. The smallest absolute Gasteiger partial charge is 0.326 e. The number of para-hydroxylation sites is 2. The third kappa shape index (κ3) is 3.13. The van der Waals surface area contributed by atoms with Crippen LogP contribution in [0.4, 0.5) is 0 Å². The van der Waals surface area contributed by atoms with Gasteiger partial charge in [0.25, 0.3) is 0 Å². The number of aliphatic carboxylic acids is 1. The summed E-state index contributed by atoms with van der Waals surface area (Å²) >= 11 is 0. The number of hydrogen-bond donors (Lipinski definition) is 3. The van der Waals surface area contributed by atoms with E-state index in [1.54, 1.807) is 38.1 Å². The minimum Gasteiger partial charge on any atom is -0.480 e. The Morgan fingerprint density at radius 2 is 2.00 bits per heavy atom. The van der Waals surface area contributed by atoms with Crippen LogP contribution in [0.25, 0.3) is 11.0 Å². The lowest BCUT2D eigenvalue weighted by molar-refractivity contribution is -0.143. The summed E-state index contributed by atoms with van der Waals surface area (Å²) in [5.74, 6) is -1.85. The van der Waals surface area contributed by atoms with Gasteiger partial charge in [-0.15, -0.1) is 0 Å². The molecule has 1 atom stereocenters. The fraction of sp³-hybridized carbons (Fsp3) is 0.357. The fourth-order valence-corrected chi connectivity index (χ4v) is 2.14. The topological polar surface area (TPSA) is 104 Å². The van der Waals surface area contributed by atoms with Crippen LogP contribution >= 0.6 is 0 Å². The van der Waals surface area contributed by atoms with E-state index in [0.717, 1.165) is 0 Å². The highest BCUT2D eigenvalue weighted by Crippen LogP contribution is 2.09. The largest absolute Gasteiger partial charge is 0.480 e. The second-order valence-corrected chi connectivity index (χ2v) is 5.16. The van der Waals surface area contributed by atoms with Gasteiger partial charge in [-0.1, -0.05) is 26.0 Å². The van der Waals surface area contributed by atoms with E-state index in [2.05, 4.69) is 10.3 Å². The number of H-pyrrole nitrogens is 1. The molecule has 0 saturated carbocycles. The number of aromatic nitrogens is 2. The van der Waals surface area contributed by atoms with Gasteiger partial charge in [0.1, 0.15) is 12.6 Å². The fourth-order valence-electron chi connectivity index (χ4n) is 2.14. The first kappa shape index (κ1) is 14.8. The third-order valence-corrected chi connectivity index (χ3v) is 3.23. The molecular formula is C14H17N3O4. The monoisotopic (exact) mass is 291 g/mol. The Morgan fingerprint density at radius 3 is 2.62 bits per heavy atom. The highest BCUT2D eigenvalue weighted by atomic mass is 16.4. The number of nitrogens with one attached hydrogen (secondary N) is 2. The maximum atomic E-state index is 12.0. The van der Waals surface area contributed by atoms with E-state index in [1.807, 2.05) is 0 Å². The summed E-state index contributed by atoms with van der Waals surface area (Å²) in [4.78, 5) is 37.5. The molecule has 1 aromatic heterocycles. The Labute approximate surface area is 120 Å². The molecule has 2 rings (SSSR count). The number of aromatic amines is 1. The minimum absolute atomic E-state index is 0.223. The van der Waals surface area contributed by atoms with E-state index in [4.69, 9.17) is 5.11 Å². The molecule has 3 N–H and O–H groups in total. The first-order valence-corrected chi connectivity index (χ1v) is 6.60. The zero-order valence-corrected chi connectivity index (χ0v) is 11.8. The SMILES string of the molecule is CC(C)C(NC(=O)Cn1c(=O)[nH]c2ccccc21)C(=O)O. The number of hydrogen-bond acceptors (Lipinski definition) is 3. The van der Waals surface area contributed by atoms with Crippen molar-refractivity contribution in [1.82, 2.24) is 14.9 Å². The average Bonchev–Trinajstić information content (AvgIpc) is 2.72. The number of rotatable bonds is 5. The molecule has 7 nitrogen and oxygen atoms in total. The number of imidazole rings is 1. The first-order valence-electron chi connectivity index (χ1n) is 6.60. The standard InChI is InChI=1S/C14H17N3O4/c1-8(2)12(13(19)20)16-11(18)7-17-10-6-4-3-5-9(10)15-14(17)21/h3-6,8,12H,7H2,1-2H3,(H,15,21)(H,16,18)(H,19,20). The maximum Gasteiger partial charge on any atom is 0.326 e. The van der Waals surface area contributed by atoms with Crippen LogP contribution in [-0.2, 0) is 16.1 Å². The molecule has 2 aromatic rings. The number of benzene rings is 1. The Balaban J connectivity index is 2.20. The molecule has 1 amide bonds. The molecule has 21 heavy (non-hydrogen) atoms. The molecule has 0 aliphatic carbocycles. The Hall–Kier alpha value is -2.57. The molecule has 1 heterocycles. The molecular weight excluding hydrogens is 274 g/mol. The van der Waals surface area contributed by atoms with E-state index in [1.165, 1.54) is 4.57 Å². The molecule has 0 saturated heterocycles. The summed E-state index contributed by atoms with van der Waals surface area (Å²) in [6.45, 7) is 3.19. The van der Waals surface area contributed by atoms with E-state index in [0.29, 0.717) is 11.0 Å². The summed E-state index contributed by atoms with van der Waals surface area (Å²) in [6, 6.07) is 6.02. The van der Waals surface area contributed by atoms with Crippen molar-refractivity contribution in [3.05, 3.63) is 34.7 Å². The highest BCUT2D eigenvalue weighted by molar-refractivity contribution is 5.85. The highest BCUT2D eigenvalue weighted by Gasteiger charge is 2.23. The van der Waals surface area contributed by atoms with Crippen LogP contribution < -0.4 is 11.0 Å².